The van der Waals surface area contributed by atoms with Gasteiger partial charge in [0.25, 0.3) is 0 Å². The summed E-state index contributed by atoms with van der Waals surface area (Å²) < 4.78 is 5.54. The summed E-state index contributed by atoms with van der Waals surface area (Å²) in [6.45, 7) is 6.07. The van der Waals surface area contributed by atoms with E-state index in [0.717, 1.165) is 11.3 Å². The molecule has 14 heavy (non-hydrogen) atoms. The third-order valence-corrected chi connectivity index (χ3v) is 2.26. The molecule has 1 aromatic carbocycles. The van der Waals surface area contributed by atoms with Crippen molar-refractivity contribution in [1.82, 2.24) is 0 Å². The number of allylic oxidation sites excluding steroid dienone is 1. The number of benzene rings is 1. The Morgan fingerprint density at radius 2 is 1.86 bits per heavy atom. The number of thiol groups is 1. The van der Waals surface area contributed by atoms with E-state index in [1.807, 2.05) is 45.0 Å². The van der Waals surface area contributed by atoms with E-state index in [0.29, 0.717) is 0 Å². The molecular weight excluding hydrogens is 192 g/mol. The van der Waals surface area contributed by atoms with Gasteiger partial charge in [0.05, 0.1) is 6.10 Å². The first-order chi connectivity index (χ1) is 6.63. The summed E-state index contributed by atoms with van der Waals surface area (Å²) in [5, 5.41) is 1.80. The van der Waals surface area contributed by atoms with E-state index in [-0.39, 0.29) is 6.10 Å². The van der Waals surface area contributed by atoms with Crippen LogP contribution in [0.2, 0.25) is 0 Å². The smallest absolute Gasteiger partial charge is 0.119 e. The first-order valence-corrected chi connectivity index (χ1v) is 5.23. The quantitative estimate of drug-likeness (QED) is 0.744. The lowest BCUT2D eigenvalue weighted by Crippen LogP contribution is -2.05. The highest BCUT2D eigenvalue weighted by atomic mass is 32.1. The topological polar surface area (TPSA) is 9.23 Å². The summed E-state index contributed by atoms with van der Waals surface area (Å²) in [5.74, 6) is 0.913. The minimum absolute atomic E-state index is 0.224. The first-order valence-electron chi connectivity index (χ1n) is 4.71. The van der Waals surface area contributed by atoms with Crippen LogP contribution in [0.25, 0.3) is 5.57 Å². The third kappa shape index (κ3) is 3.11. The van der Waals surface area contributed by atoms with Crippen LogP contribution in [-0.2, 0) is 0 Å². The van der Waals surface area contributed by atoms with Crippen LogP contribution in [0.1, 0.15) is 26.3 Å². The van der Waals surface area contributed by atoms with Crippen LogP contribution in [0.4, 0.5) is 0 Å². The maximum atomic E-state index is 5.54. The zero-order valence-electron chi connectivity index (χ0n) is 8.82. The SMILES string of the molecule is C/C(=C\S)c1ccc(OC(C)C)cc1. The normalized spacial score (nSPS) is 11.9. The lowest BCUT2D eigenvalue weighted by Gasteiger charge is -2.10. The van der Waals surface area contributed by atoms with Crippen molar-refractivity contribution in [2.75, 3.05) is 0 Å². The standard InChI is InChI=1S/C12H16OS/c1-9(2)13-12-6-4-11(5-7-12)10(3)8-14/h4-9,14H,1-3H3/b10-8+. The van der Waals surface area contributed by atoms with Crippen molar-refractivity contribution < 1.29 is 4.74 Å². The van der Waals surface area contributed by atoms with Gasteiger partial charge in [-0.25, -0.2) is 0 Å². The molecule has 0 saturated carbocycles. The Bertz CT molecular complexity index is 312. The molecule has 0 aliphatic carbocycles. The van der Waals surface area contributed by atoms with Crippen molar-refractivity contribution in [3.05, 3.63) is 35.2 Å². The van der Waals surface area contributed by atoms with Gasteiger partial charge in [0.15, 0.2) is 0 Å². The van der Waals surface area contributed by atoms with Crippen molar-refractivity contribution in [2.24, 2.45) is 0 Å². The molecule has 0 atom stereocenters. The molecule has 0 saturated heterocycles. The van der Waals surface area contributed by atoms with Crippen LogP contribution in [0.15, 0.2) is 29.7 Å². The van der Waals surface area contributed by atoms with Gasteiger partial charge < -0.3 is 4.74 Å². The summed E-state index contributed by atoms with van der Waals surface area (Å²) in [4.78, 5) is 0. The van der Waals surface area contributed by atoms with E-state index in [4.69, 9.17) is 4.74 Å². The highest BCUT2D eigenvalue weighted by Gasteiger charge is 1.98. The van der Waals surface area contributed by atoms with Gasteiger partial charge in [-0.2, -0.15) is 12.6 Å². The van der Waals surface area contributed by atoms with Crippen LogP contribution in [-0.4, -0.2) is 6.10 Å². The molecule has 0 fully saturated rings. The van der Waals surface area contributed by atoms with Crippen LogP contribution < -0.4 is 4.74 Å². The fraction of sp³-hybridized carbons (Fsp3) is 0.333. The highest BCUT2D eigenvalue weighted by Crippen LogP contribution is 2.19. The minimum Gasteiger partial charge on any atom is -0.491 e. The Hall–Kier alpha value is -0.890. The van der Waals surface area contributed by atoms with E-state index in [1.165, 1.54) is 5.56 Å². The first kappa shape index (κ1) is 11.2. The summed E-state index contributed by atoms with van der Waals surface area (Å²) >= 11 is 4.12. The number of hydrogen-bond donors (Lipinski definition) is 1. The van der Waals surface area contributed by atoms with Gasteiger partial charge in [-0.15, -0.1) is 0 Å². The lowest BCUT2D eigenvalue weighted by molar-refractivity contribution is 0.242. The summed E-state index contributed by atoms with van der Waals surface area (Å²) in [6, 6.07) is 8.05. The van der Waals surface area contributed by atoms with E-state index < -0.39 is 0 Å². The zero-order valence-corrected chi connectivity index (χ0v) is 9.71. The van der Waals surface area contributed by atoms with E-state index in [9.17, 15) is 0 Å². The maximum Gasteiger partial charge on any atom is 0.119 e. The zero-order chi connectivity index (χ0) is 10.6. The Morgan fingerprint density at radius 3 is 2.29 bits per heavy atom. The maximum absolute atomic E-state index is 5.54. The fourth-order valence-corrected chi connectivity index (χ4v) is 1.29. The van der Waals surface area contributed by atoms with Gasteiger partial charge in [0, 0.05) is 0 Å². The molecule has 76 valence electrons. The third-order valence-electron chi connectivity index (χ3n) is 1.88. The molecule has 0 amide bonds. The van der Waals surface area contributed by atoms with Crippen molar-refractivity contribution in [3.63, 3.8) is 0 Å². The monoisotopic (exact) mass is 208 g/mol. The Morgan fingerprint density at radius 1 is 1.29 bits per heavy atom. The molecular formula is C12H16OS. The second-order valence-electron chi connectivity index (χ2n) is 3.50. The van der Waals surface area contributed by atoms with Crippen molar-refractivity contribution in [1.29, 1.82) is 0 Å². The Kier molecular flexibility index (Phi) is 4.08. The number of ether oxygens (including phenoxy) is 1. The molecule has 2 heteroatoms. The Balaban J connectivity index is 2.78. The fourth-order valence-electron chi connectivity index (χ4n) is 1.14. The van der Waals surface area contributed by atoms with Crippen LogP contribution >= 0.6 is 12.6 Å². The molecule has 0 heterocycles. The number of rotatable bonds is 3. The molecule has 1 aromatic rings. The molecule has 0 aliphatic heterocycles. The molecule has 1 nitrogen and oxygen atoms in total. The van der Waals surface area contributed by atoms with Gasteiger partial charge in [0.2, 0.25) is 0 Å². The summed E-state index contributed by atoms with van der Waals surface area (Å²) in [6.07, 6.45) is 0.224. The molecule has 0 spiro atoms. The second-order valence-corrected chi connectivity index (χ2v) is 3.76. The van der Waals surface area contributed by atoms with Crippen LogP contribution in [0.3, 0.4) is 0 Å². The molecule has 0 aromatic heterocycles. The average molecular weight is 208 g/mol. The largest absolute Gasteiger partial charge is 0.491 e. The van der Waals surface area contributed by atoms with Crippen molar-refractivity contribution in [3.8, 4) is 5.75 Å². The molecule has 0 unspecified atom stereocenters. The van der Waals surface area contributed by atoms with E-state index >= 15 is 0 Å². The molecule has 1 rings (SSSR count). The predicted octanol–water partition coefficient (Wildman–Crippen LogP) is 3.76. The van der Waals surface area contributed by atoms with Crippen molar-refractivity contribution >= 4 is 18.2 Å². The van der Waals surface area contributed by atoms with Gasteiger partial charge in [-0.05, 0) is 49.4 Å². The molecule has 0 aliphatic rings. The molecule has 0 radical (unpaired) electrons. The van der Waals surface area contributed by atoms with Crippen LogP contribution in [0, 0.1) is 0 Å². The van der Waals surface area contributed by atoms with Gasteiger partial charge in [-0.3, -0.25) is 0 Å². The summed E-state index contributed by atoms with van der Waals surface area (Å²) in [7, 11) is 0. The van der Waals surface area contributed by atoms with Crippen LogP contribution in [0.5, 0.6) is 5.75 Å². The van der Waals surface area contributed by atoms with Gasteiger partial charge in [-0.1, -0.05) is 12.1 Å². The second kappa shape index (κ2) is 5.11. The highest BCUT2D eigenvalue weighted by molar-refractivity contribution is 7.83. The summed E-state index contributed by atoms with van der Waals surface area (Å²) in [5.41, 5.74) is 2.33. The molecule has 0 bridgehead atoms. The lowest BCUT2D eigenvalue weighted by atomic mass is 10.1. The van der Waals surface area contributed by atoms with E-state index in [2.05, 4.69) is 12.6 Å². The van der Waals surface area contributed by atoms with Gasteiger partial charge in [0.1, 0.15) is 5.75 Å². The van der Waals surface area contributed by atoms with E-state index in [1.54, 1.807) is 5.41 Å². The average Bonchev–Trinajstić information content (AvgIpc) is 2.17. The van der Waals surface area contributed by atoms with Gasteiger partial charge >= 0.3 is 0 Å². The molecule has 0 N–H and O–H groups in total. The predicted molar refractivity (Wildman–Crippen MR) is 64.8 cm³/mol. The minimum atomic E-state index is 0.224. The van der Waals surface area contributed by atoms with Crippen molar-refractivity contribution in [2.45, 2.75) is 26.9 Å². The number of hydrogen-bond acceptors (Lipinski definition) is 2. The Labute approximate surface area is 91.2 Å².